The number of nitrogens with zero attached hydrogens (tertiary/aromatic N) is 1. The van der Waals surface area contributed by atoms with Crippen molar-refractivity contribution in [1.29, 1.82) is 0 Å². The number of rotatable bonds is 3. The first-order chi connectivity index (χ1) is 8.04. The average molecular weight is 231 g/mol. The summed E-state index contributed by atoms with van der Waals surface area (Å²) < 4.78 is 2.20. The summed E-state index contributed by atoms with van der Waals surface area (Å²) in [6.07, 6.45) is 0. The molecule has 1 aromatic carbocycles. The summed E-state index contributed by atoms with van der Waals surface area (Å²) >= 11 is 0. The molecular formula is C15H21NO. The van der Waals surface area contributed by atoms with Crippen molar-refractivity contribution >= 4 is 10.9 Å². The maximum atomic E-state index is 9.48. The molecule has 1 unspecified atom stereocenters. The molecule has 0 saturated carbocycles. The van der Waals surface area contributed by atoms with Crippen molar-refractivity contribution in [1.82, 2.24) is 4.57 Å². The fourth-order valence-electron chi connectivity index (χ4n) is 2.44. The van der Waals surface area contributed by atoms with E-state index in [-0.39, 0.29) is 12.5 Å². The Bertz CT molecular complexity index is 525. The van der Waals surface area contributed by atoms with Gasteiger partial charge < -0.3 is 9.67 Å². The smallest absolute Gasteiger partial charge is 0.0502 e. The Labute approximate surface area is 103 Å². The molecule has 1 N–H and O–H groups in total. The first kappa shape index (κ1) is 12.2. The molecule has 0 aliphatic heterocycles. The highest BCUT2D eigenvalue weighted by atomic mass is 16.3. The van der Waals surface area contributed by atoms with Crippen LogP contribution in [0.4, 0.5) is 0 Å². The SMILES string of the molecule is Cc1cc2cc(C(CO)C(C)C)ccc2n1C. The van der Waals surface area contributed by atoms with Gasteiger partial charge in [-0.1, -0.05) is 19.9 Å². The number of hydrogen-bond acceptors (Lipinski definition) is 1. The normalized spacial score (nSPS) is 13.5. The molecule has 0 saturated heterocycles. The van der Waals surface area contributed by atoms with Crippen LogP contribution in [0.3, 0.4) is 0 Å². The van der Waals surface area contributed by atoms with Gasteiger partial charge in [-0.3, -0.25) is 0 Å². The molecule has 0 spiro atoms. The molecule has 92 valence electrons. The molecule has 2 nitrogen and oxygen atoms in total. The second-order valence-electron chi connectivity index (χ2n) is 5.20. The molecule has 1 heterocycles. The van der Waals surface area contributed by atoms with Gasteiger partial charge in [0.25, 0.3) is 0 Å². The summed E-state index contributed by atoms with van der Waals surface area (Å²) in [6.45, 7) is 6.64. The van der Waals surface area contributed by atoms with Gasteiger partial charge in [0.05, 0.1) is 6.61 Å². The molecule has 0 aliphatic carbocycles. The fourth-order valence-corrected chi connectivity index (χ4v) is 2.44. The Hall–Kier alpha value is -1.28. The zero-order chi connectivity index (χ0) is 12.6. The summed E-state index contributed by atoms with van der Waals surface area (Å²) in [5.41, 5.74) is 3.76. The molecule has 2 aromatic rings. The lowest BCUT2D eigenvalue weighted by molar-refractivity contribution is 0.237. The van der Waals surface area contributed by atoms with Gasteiger partial charge in [0.2, 0.25) is 0 Å². The van der Waals surface area contributed by atoms with Crippen LogP contribution < -0.4 is 0 Å². The summed E-state index contributed by atoms with van der Waals surface area (Å²) in [7, 11) is 2.09. The fraction of sp³-hybridized carbons (Fsp3) is 0.467. The minimum absolute atomic E-state index is 0.217. The van der Waals surface area contributed by atoms with Gasteiger partial charge >= 0.3 is 0 Å². The molecule has 0 radical (unpaired) electrons. The van der Waals surface area contributed by atoms with Gasteiger partial charge in [0, 0.05) is 29.6 Å². The number of aromatic nitrogens is 1. The summed E-state index contributed by atoms with van der Waals surface area (Å²) in [5, 5.41) is 10.7. The summed E-state index contributed by atoms with van der Waals surface area (Å²) in [6, 6.07) is 8.71. The molecule has 0 fully saturated rings. The zero-order valence-electron chi connectivity index (χ0n) is 11.1. The van der Waals surface area contributed by atoms with E-state index < -0.39 is 0 Å². The van der Waals surface area contributed by atoms with Crippen LogP contribution in [-0.4, -0.2) is 16.3 Å². The highest BCUT2D eigenvalue weighted by molar-refractivity contribution is 5.82. The Morgan fingerprint density at radius 1 is 1.24 bits per heavy atom. The standard InChI is InChI=1S/C15H21NO/c1-10(2)14(9-17)12-5-6-15-13(8-12)7-11(3)16(15)4/h5-8,10,14,17H,9H2,1-4H3. The number of aliphatic hydroxyl groups excluding tert-OH is 1. The lowest BCUT2D eigenvalue weighted by Crippen LogP contribution is -2.10. The Morgan fingerprint density at radius 3 is 2.53 bits per heavy atom. The topological polar surface area (TPSA) is 25.2 Å². The second kappa shape index (κ2) is 4.53. The largest absolute Gasteiger partial charge is 0.396 e. The van der Waals surface area contributed by atoms with Gasteiger partial charge in [-0.2, -0.15) is 0 Å². The Balaban J connectivity index is 2.51. The zero-order valence-corrected chi connectivity index (χ0v) is 11.1. The molecule has 2 heteroatoms. The first-order valence-corrected chi connectivity index (χ1v) is 6.21. The van der Waals surface area contributed by atoms with Crippen LogP contribution in [-0.2, 0) is 7.05 Å². The predicted octanol–water partition coefficient (Wildman–Crippen LogP) is 3.22. The van der Waals surface area contributed by atoms with Crippen LogP contribution >= 0.6 is 0 Å². The minimum atomic E-state index is 0.217. The van der Waals surface area contributed by atoms with Gasteiger partial charge in [-0.25, -0.2) is 0 Å². The van der Waals surface area contributed by atoms with Crippen molar-refractivity contribution in [3.05, 3.63) is 35.5 Å². The highest BCUT2D eigenvalue weighted by Crippen LogP contribution is 2.28. The van der Waals surface area contributed by atoms with Crippen LogP contribution in [0.5, 0.6) is 0 Å². The van der Waals surface area contributed by atoms with E-state index in [1.165, 1.54) is 22.2 Å². The van der Waals surface area contributed by atoms with Crippen LogP contribution in [0, 0.1) is 12.8 Å². The molecule has 1 aromatic heterocycles. The predicted molar refractivity (Wildman–Crippen MR) is 72.3 cm³/mol. The van der Waals surface area contributed by atoms with Crippen LogP contribution in [0.1, 0.15) is 31.0 Å². The third kappa shape index (κ3) is 2.09. The summed E-state index contributed by atoms with van der Waals surface area (Å²) in [4.78, 5) is 0. The third-order valence-electron chi connectivity index (χ3n) is 3.74. The van der Waals surface area contributed by atoms with Crippen molar-refractivity contribution in [2.24, 2.45) is 13.0 Å². The van der Waals surface area contributed by atoms with Gasteiger partial charge in [-0.05, 0) is 36.6 Å². The summed E-state index contributed by atoms with van der Waals surface area (Å²) in [5.74, 6) is 0.696. The highest BCUT2D eigenvalue weighted by Gasteiger charge is 2.15. The molecule has 0 amide bonds. The molecular weight excluding hydrogens is 210 g/mol. The van der Waals surface area contributed by atoms with E-state index in [2.05, 4.69) is 56.7 Å². The van der Waals surface area contributed by atoms with E-state index in [1.807, 2.05) is 0 Å². The molecule has 1 atom stereocenters. The molecule has 17 heavy (non-hydrogen) atoms. The van der Waals surface area contributed by atoms with E-state index in [4.69, 9.17) is 0 Å². The van der Waals surface area contributed by atoms with E-state index >= 15 is 0 Å². The second-order valence-corrected chi connectivity index (χ2v) is 5.20. The maximum absolute atomic E-state index is 9.48. The monoisotopic (exact) mass is 231 g/mol. The lowest BCUT2D eigenvalue weighted by Gasteiger charge is -2.18. The van der Waals surface area contributed by atoms with Crippen LogP contribution in [0.25, 0.3) is 10.9 Å². The quantitative estimate of drug-likeness (QED) is 0.862. The van der Waals surface area contributed by atoms with Crippen molar-refractivity contribution < 1.29 is 5.11 Å². The Kier molecular flexibility index (Phi) is 3.25. The van der Waals surface area contributed by atoms with Crippen molar-refractivity contribution in [3.63, 3.8) is 0 Å². The van der Waals surface area contributed by atoms with Crippen molar-refractivity contribution in [3.8, 4) is 0 Å². The average Bonchev–Trinajstić information content (AvgIpc) is 2.55. The maximum Gasteiger partial charge on any atom is 0.0502 e. The van der Waals surface area contributed by atoms with Crippen molar-refractivity contribution in [2.45, 2.75) is 26.7 Å². The molecule has 0 aliphatic rings. The number of hydrogen-bond donors (Lipinski definition) is 1. The number of fused-ring (bicyclic) bond motifs is 1. The third-order valence-corrected chi connectivity index (χ3v) is 3.74. The van der Waals surface area contributed by atoms with E-state index in [0.717, 1.165) is 0 Å². The molecule has 2 rings (SSSR count). The van der Waals surface area contributed by atoms with Gasteiger partial charge in [0.1, 0.15) is 0 Å². The minimum Gasteiger partial charge on any atom is -0.396 e. The van der Waals surface area contributed by atoms with Gasteiger partial charge in [0.15, 0.2) is 0 Å². The van der Waals surface area contributed by atoms with Crippen LogP contribution in [0.15, 0.2) is 24.3 Å². The van der Waals surface area contributed by atoms with Crippen LogP contribution in [0.2, 0.25) is 0 Å². The number of aryl methyl sites for hydroxylation is 2. The van der Waals surface area contributed by atoms with E-state index in [9.17, 15) is 5.11 Å². The number of aliphatic hydroxyl groups is 1. The number of benzene rings is 1. The van der Waals surface area contributed by atoms with Crippen molar-refractivity contribution in [2.75, 3.05) is 6.61 Å². The van der Waals surface area contributed by atoms with E-state index in [0.29, 0.717) is 5.92 Å². The van der Waals surface area contributed by atoms with E-state index in [1.54, 1.807) is 0 Å². The lowest BCUT2D eigenvalue weighted by atomic mass is 9.89. The Morgan fingerprint density at radius 2 is 1.94 bits per heavy atom. The molecule has 0 bridgehead atoms. The van der Waals surface area contributed by atoms with Gasteiger partial charge in [-0.15, -0.1) is 0 Å². The first-order valence-electron chi connectivity index (χ1n) is 6.21.